The topological polar surface area (TPSA) is 32.3 Å². The highest BCUT2D eigenvalue weighted by molar-refractivity contribution is 5.26. The van der Waals surface area contributed by atoms with Crippen LogP contribution in [0.25, 0.3) is 0 Å². The minimum absolute atomic E-state index is 0.340. The number of rotatable bonds is 5. The number of aromatic hydroxyl groups is 1. The molecule has 0 saturated carbocycles. The first-order valence-corrected chi connectivity index (χ1v) is 5.23. The van der Waals surface area contributed by atoms with Crippen LogP contribution in [-0.4, -0.2) is 11.1 Å². The van der Waals surface area contributed by atoms with Crippen molar-refractivity contribution in [2.75, 3.05) is 0 Å². The van der Waals surface area contributed by atoms with Gasteiger partial charge >= 0.3 is 0 Å². The first kappa shape index (κ1) is 11.1. The van der Waals surface area contributed by atoms with E-state index in [1.54, 1.807) is 12.1 Å². The van der Waals surface area contributed by atoms with Gasteiger partial charge in [-0.25, -0.2) is 0 Å². The molecule has 78 valence electrons. The van der Waals surface area contributed by atoms with Crippen LogP contribution >= 0.6 is 0 Å². The smallest absolute Gasteiger partial charge is 0.115 e. The molecule has 0 fully saturated rings. The van der Waals surface area contributed by atoms with Gasteiger partial charge in [-0.15, -0.1) is 0 Å². The summed E-state index contributed by atoms with van der Waals surface area (Å²) >= 11 is 0. The van der Waals surface area contributed by atoms with E-state index >= 15 is 0 Å². The molecule has 0 aromatic heterocycles. The Hall–Kier alpha value is -1.02. The van der Waals surface area contributed by atoms with Crippen LogP contribution in [0.15, 0.2) is 24.3 Å². The average Bonchev–Trinajstić information content (AvgIpc) is 2.15. The molecule has 1 rings (SSSR count). The molecule has 0 bridgehead atoms. The summed E-state index contributed by atoms with van der Waals surface area (Å²) in [5.41, 5.74) is 1.13. The summed E-state index contributed by atoms with van der Waals surface area (Å²) in [6.07, 6.45) is 2.40. The Kier molecular flexibility index (Phi) is 4.47. The third kappa shape index (κ3) is 3.79. The zero-order valence-corrected chi connectivity index (χ0v) is 8.96. The number of hydrogen-bond acceptors (Lipinski definition) is 2. The molecule has 0 aliphatic heterocycles. The van der Waals surface area contributed by atoms with Crippen LogP contribution in [0.2, 0.25) is 0 Å². The Morgan fingerprint density at radius 2 is 2.21 bits per heavy atom. The lowest BCUT2D eigenvalue weighted by atomic mass is 10.1. The lowest BCUT2D eigenvalue weighted by Gasteiger charge is -2.12. The van der Waals surface area contributed by atoms with Gasteiger partial charge in [0.05, 0.1) is 0 Å². The van der Waals surface area contributed by atoms with Gasteiger partial charge in [-0.2, -0.15) is 0 Å². The predicted molar refractivity (Wildman–Crippen MR) is 59.3 cm³/mol. The van der Waals surface area contributed by atoms with Crippen LogP contribution in [0.5, 0.6) is 5.75 Å². The molecule has 14 heavy (non-hydrogen) atoms. The maximum atomic E-state index is 9.25. The van der Waals surface area contributed by atoms with Crippen molar-refractivity contribution >= 4 is 0 Å². The Balaban J connectivity index is 2.37. The highest BCUT2D eigenvalue weighted by Crippen LogP contribution is 2.10. The molecule has 1 aromatic carbocycles. The molecule has 1 atom stereocenters. The summed E-state index contributed by atoms with van der Waals surface area (Å²) in [5.74, 6) is 0.340. The van der Waals surface area contributed by atoms with Crippen molar-refractivity contribution in [2.45, 2.75) is 39.3 Å². The first-order chi connectivity index (χ1) is 6.72. The molecule has 0 aliphatic rings. The molecular weight excluding hydrogens is 174 g/mol. The van der Waals surface area contributed by atoms with E-state index in [9.17, 15) is 5.11 Å². The van der Waals surface area contributed by atoms with Crippen LogP contribution < -0.4 is 5.32 Å². The monoisotopic (exact) mass is 193 g/mol. The van der Waals surface area contributed by atoms with Crippen LogP contribution in [0.3, 0.4) is 0 Å². The fourth-order valence-corrected chi connectivity index (χ4v) is 1.49. The van der Waals surface area contributed by atoms with Gasteiger partial charge in [0.2, 0.25) is 0 Å². The molecule has 1 aromatic rings. The fraction of sp³-hybridized carbons (Fsp3) is 0.500. The van der Waals surface area contributed by atoms with E-state index < -0.39 is 0 Å². The van der Waals surface area contributed by atoms with Gasteiger partial charge in [0.25, 0.3) is 0 Å². The molecular formula is C12H19NO. The molecule has 2 heteroatoms. The highest BCUT2D eigenvalue weighted by atomic mass is 16.3. The van der Waals surface area contributed by atoms with Crippen molar-refractivity contribution in [1.82, 2.24) is 5.32 Å². The van der Waals surface area contributed by atoms with Gasteiger partial charge in [-0.1, -0.05) is 25.5 Å². The summed E-state index contributed by atoms with van der Waals surface area (Å²) in [6.45, 7) is 5.20. The van der Waals surface area contributed by atoms with Crippen molar-refractivity contribution in [3.05, 3.63) is 29.8 Å². The lowest BCUT2D eigenvalue weighted by Crippen LogP contribution is -2.24. The maximum absolute atomic E-state index is 9.25. The molecule has 2 N–H and O–H groups in total. The normalized spacial score (nSPS) is 12.7. The minimum Gasteiger partial charge on any atom is -0.508 e. The van der Waals surface area contributed by atoms with E-state index in [4.69, 9.17) is 0 Å². The fourth-order valence-electron chi connectivity index (χ4n) is 1.49. The van der Waals surface area contributed by atoms with Crippen molar-refractivity contribution in [3.8, 4) is 5.75 Å². The Labute approximate surface area is 86.0 Å². The molecule has 1 unspecified atom stereocenters. The summed E-state index contributed by atoms with van der Waals surface area (Å²) < 4.78 is 0. The van der Waals surface area contributed by atoms with E-state index in [2.05, 4.69) is 19.2 Å². The maximum Gasteiger partial charge on any atom is 0.115 e. The summed E-state index contributed by atoms with van der Waals surface area (Å²) in [6, 6.07) is 7.93. The molecule has 0 radical (unpaired) electrons. The van der Waals surface area contributed by atoms with E-state index in [0.717, 1.165) is 12.1 Å². The Bertz CT molecular complexity index is 273. The van der Waals surface area contributed by atoms with E-state index in [1.165, 1.54) is 12.8 Å². The Morgan fingerprint density at radius 3 is 2.86 bits per heavy atom. The number of phenolic OH excluding ortho intramolecular Hbond substituents is 1. The molecule has 0 amide bonds. The van der Waals surface area contributed by atoms with Crippen LogP contribution in [0, 0.1) is 0 Å². The largest absolute Gasteiger partial charge is 0.508 e. The third-order valence-electron chi connectivity index (χ3n) is 2.29. The van der Waals surface area contributed by atoms with Crippen LogP contribution in [-0.2, 0) is 6.54 Å². The Morgan fingerprint density at radius 1 is 1.43 bits per heavy atom. The summed E-state index contributed by atoms with van der Waals surface area (Å²) in [4.78, 5) is 0. The van der Waals surface area contributed by atoms with Crippen molar-refractivity contribution in [3.63, 3.8) is 0 Å². The molecule has 0 heterocycles. The van der Waals surface area contributed by atoms with Crippen LogP contribution in [0.4, 0.5) is 0 Å². The molecule has 0 saturated heterocycles. The molecule has 0 spiro atoms. The van der Waals surface area contributed by atoms with Crippen molar-refractivity contribution in [2.24, 2.45) is 0 Å². The molecule has 0 aliphatic carbocycles. The number of benzene rings is 1. The standard InChI is InChI=1S/C12H19NO/c1-3-5-10(2)13-9-11-6-4-7-12(14)8-11/h4,6-8,10,13-14H,3,5,9H2,1-2H3. The second-order valence-electron chi connectivity index (χ2n) is 3.74. The third-order valence-corrected chi connectivity index (χ3v) is 2.29. The van der Waals surface area contributed by atoms with Crippen LogP contribution in [0.1, 0.15) is 32.3 Å². The zero-order chi connectivity index (χ0) is 10.4. The average molecular weight is 193 g/mol. The number of nitrogens with one attached hydrogen (secondary N) is 1. The van der Waals surface area contributed by atoms with Crippen molar-refractivity contribution in [1.29, 1.82) is 0 Å². The predicted octanol–water partition coefficient (Wildman–Crippen LogP) is 2.67. The summed E-state index contributed by atoms with van der Waals surface area (Å²) in [7, 11) is 0. The summed E-state index contributed by atoms with van der Waals surface area (Å²) in [5, 5.41) is 12.7. The lowest BCUT2D eigenvalue weighted by molar-refractivity contribution is 0.472. The van der Waals surface area contributed by atoms with E-state index in [0.29, 0.717) is 11.8 Å². The van der Waals surface area contributed by atoms with Gasteiger partial charge in [0, 0.05) is 12.6 Å². The zero-order valence-electron chi connectivity index (χ0n) is 8.96. The highest BCUT2D eigenvalue weighted by Gasteiger charge is 1.99. The van der Waals surface area contributed by atoms with Gasteiger partial charge in [-0.05, 0) is 31.0 Å². The quantitative estimate of drug-likeness (QED) is 0.753. The van der Waals surface area contributed by atoms with Gasteiger partial charge in [-0.3, -0.25) is 0 Å². The SMILES string of the molecule is CCCC(C)NCc1cccc(O)c1. The minimum atomic E-state index is 0.340. The number of phenols is 1. The van der Waals surface area contributed by atoms with Gasteiger partial charge in [0.1, 0.15) is 5.75 Å². The van der Waals surface area contributed by atoms with E-state index in [1.807, 2.05) is 12.1 Å². The van der Waals surface area contributed by atoms with Crippen molar-refractivity contribution < 1.29 is 5.11 Å². The first-order valence-electron chi connectivity index (χ1n) is 5.23. The van der Waals surface area contributed by atoms with E-state index in [-0.39, 0.29) is 0 Å². The molecule has 2 nitrogen and oxygen atoms in total. The second kappa shape index (κ2) is 5.66. The second-order valence-corrected chi connectivity index (χ2v) is 3.74. The van der Waals surface area contributed by atoms with Gasteiger partial charge in [0.15, 0.2) is 0 Å². The number of hydrogen-bond donors (Lipinski definition) is 2. The van der Waals surface area contributed by atoms with Gasteiger partial charge < -0.3 is 10.4 Å².